The van der Waals surface area contributed by atoms with Gasteiger partial charge < -0.3 is 10.1 Å². The van der Waals surface area contributed by atoms with Gasteiger partial charge in [0.15, 0.2) is 5.16 Å². The molecule has 1 aromatic carbocycles. The van der Waals surface area contributed by atoms with Crippen LogP contribution in [0.15, 0.2) is 41.8 Å². The smallest absolute Gasteiger partial charge is 0.344 e. The quantitative estimate of drug-likeness (QED) is 0.539. The second-order valence-corrected chi connectivity index (χ2v) is 8.26. The molecule has 158 valence electrons. The number of hydrogen-bond acceptors (Lipinski definition) is 6. The number of imidazole rings is 1. The van der Waals surface area contributed by atoms with Gasteiger partial charge in [-0.1, -0.05) is 31.0 Å². The van der Waals surface area contributed by atoms with E-state index in [0.29, 0.717) is 18.0 Å². The molecule has 1 saturated heterocycles. The van der Waals surface area contributed by atoms with Crippen molar-refractivity contribution in [3.63, 3.8) is 0 Å². The number of hydrazine groups is 1. The molecule has 2 aromatic rings. The zero-order chi connectivity index (χ0) is 21.1. The molecule has 2 heterocycles. The van der Waals surface area contributed by atoms with Gasteiger partial charge >= 0.3 is 6.03 Å². The molecule has 1 spiro atoms. The summed E-state index contributed by atoms with van der Waals surface area (Å²) in [6, 6.07) is 6.90. The van der Waals surface area contributed by atoms with Crippen LogP contribution in [0.5, 0.6) is 5.75 Å². The first-order chi connectivity index (χ1) is 14.5. The Kier molecular flexibility index (Phi) is 5.67. The van der Waals surface area contributed by atoms with E-state index in [1.807, 2.05) is 28.8 Å². The molecule has 0 atom stereocenters. The Morgan fingerprint density at radius 1 is 1.23 bits per heavy atom. The number of ether oxygens (including phenoxy) is 1. The number of aromatic nitrogens is 2. The number of carbonyl (C=O) groups is 3. The summed E-state index contributed by atoms with van der Waals surface area (Å²) in [6.45, 7) is 0. The molecule has 4 amide bonds. The summed E-state index contributed by atoms with van der Waals surface area (Å²) in [6.07, 6.45) is 7.49. The van der Waals surface area contributed by atoms with Crippen molar-refractivity contribution in [2.75, 3.05) is 12.9 Å². The Morgan fingerprint density at radius 3 is 2.67 bits per heavy atom. The van der Waals surface area contributed by atoms with Gasteiger partial charge in [-0.3, -0.25) is 19.6 Å². The minimum Gasteiger partial charge on any atom is -0.497 e. The normalized spacial score (nSPS) is 17.8. The average molecular weight is 430 g/mol. The number of thioether (sulfide) groups is 1. The van der Waals surface area contributed by atoms with Crippen molar-refractivity contribution in [1.82, 2.24) is 25.3 Å². The molecule has 2 aliphatic rings. The number of hydrogen-bond donors (Lipinski definition) is 2. The van der Waals surface area contributed by atoms with E-state index in [-0.39, 0.29) is 11.7 Å². The molecule has 0 radical (unpaired) electrons. The Hall–Kier alpha value is -3.01. The van der Waals surface area contributed by atoms with E-state index in [2.05, 4.69) is 15.7 Å². The van der Waals surface area contributed by atoms with Gasteiger partial charge in [-0.05, 0) is 37.1 Å². The van der Waals surface area contributed by atoms with E-state index in [9.17, 15) is 14.4 Å². The predicted octanol–water partition coefficient (Wildman–Crippen LogP) is 2.26. The number of imide groups is 1. The van der Waals surface area contributed by atoms with Crippen LogP contribution in [0.3, 0.4) is 0 Å². The third-order valence-corrected chi connectivity index (χ3v) is 6.36. The van der Waals surface area contributed by atoms with Crippen LogP contribution in [0.4, 0.5) is 4.79 Å². The number of methoxy groups -OCH3 is 1. The van der Waals surface area contributed by atoms with Crippen LogP contribution < -0.4 is 15.5 Å². The second-order valence-electron chi connectivity index (χ2n) is 7.31. The van der Waals surface area contributed by atoms with Crippen molar-refractivity contribution in [2.45, 2.75) is 42.8 Å². The lowest BCUT2D eigenvalue weighted by Gasteiger charge is -2.30. The number of nitrogens with zero attached hydrogens (tertiary/aromatic N) is 3. The highest BCUT2D eigenvalue weighted by Gasteiger charge is 2.52. The first-order valence-electron chi connectivity index (χ1n) is 9.79. The number of amides is 4. The van der Waals surface area contributed by atoms with Gasteiger partial charge in [0.05, 0.1) is 12.9 Å². The van der Waals surface area contributed by atoms with Gasteiger partial charge in [0, 0.05) is 18.1 Å². The van der Waals surface area contributed by atoms with E-state index in [0.717, 1.165) is 35.7 Å². The summed E-state index contributed by atoms with van der Waals surface area (Å²) in [5.41, 5.74) is 2.46. The summed E-state index contributed by atoms with van der Waals surface area (Å²) < 4.78 is 7.02. The highest BCUT2D eigenvalue weighted by Crippen LogP contribution is 2.33. The van der Waals surface area contributed by atoms with Gasteiger partial charge in [0.2, 0.25) is 5.91 Å². The van der Waals surface area contributed by atoms with Gasteiger partial charge in [0.25, 0.3) is 5.91 Å². The molecule has 0 unspecified atom stereocenters. The largest absolute Gasteiger partial charge is 0.497 e. The van der Waals surface area contributed by atoms with Crippen LogP contribution in [0.25, 0.3) is 5.69 Å². The summed E-state index contributed by atoms with van der Waals surface area (Å²) >= 11 is 1.22. The van der Waals surface area contributed by atoms with E-state index < -0.39 is 17.5 Å². The maximum absolute atomic E-state index is 12.7. The van der Waals surface area contributed by atoms with E-state index in [4.69, 9.17) is 4.74 Å². The van der Waals surface area contributed by atoms with Gasteiger partial charge in [-0.25, -0.2) is 9.78 Å². The fourth-order valence-electron chi connectivity index (χ4n) is 3.84. The molecule has 1 aromatic heterocycles. The molecule has 0 bridgehead atoms. The minimum atomic E-state index is -0.861. The highest BCUT2D eigenvalue weighted by molar-refractivity contribution is 7.99. The Morgan fingerprint density at radius 2 is 1.97 bits per heavy atom. The van der Waals surface area contributed by atoms with Crippen LogP contribution in [0.1, 0.15) is 32.1 Å². The van der Waals surface area contributed by atoms with Crippen molar-refractivity contribution in [1.29, 1.82) is 0 Å². The number of benzene rings is 1. The molecular weight excluding hydrogens is 406 g/mol. The SMILES string of the molecule is COc1ccc(-n2ccnc2SCC(=O)NN2C(=O)NC3(CCCCC3)C2=O)cc1. The Labute approximate surface area is 178 Å². The molecule has 1 saturated carbocycles. The number of nitrogens with one attached hydrogen (secondary N) is 2. The molecule has 1 aliphatic heterocycles. The summed E-state index contributed by atoms with van der Waals surface area (Å²) in [7, 11) is 1.60. The van der Waals surface area contributed by atoms with Crippen molar-refractivity contribution in [3.8, 4) is 11.4 Å². The molecule has 10 heteroatoms. The monoisotopic (exact) mass is 429 g/mol. The second kappa shape index (κ2) is 8.39. The number of carbonyl (C=O) groups excluding carboxylic acids is 3. The first kappa shape index (κ1) is 20.3. The van der Waals surface area contributed by atoms with Crippen LogP contribution >= 0.6 is 11.8 Å². The van der Waals surface area contributed by atoms with Gasteiger partial charge in [-0.15, -0.1) is 0 Å². The van der Waals surface area contributed by atoms with Gasteiger partial charge in [0.1, 0.15) is 11.3 Å². The summed E-state index contributed by atoms with van der Waals surface area (Å²) in [5, 5.41) is 4.22. The average Bonchev–Trinajstić information content (AvgIpc) is 3.32. The van der Waals surface area contributed by atoms with Crippen molar-refractivity contribution in [2.24, 2.45) is 0 Å². The van der Waals surface area contributed by atoms with Crippen LogP contribution in [-0.2, 0) is 9.59 Å². The van der Waals surface area contributed by atoms with Crippen LogP contribution in [-0.4, -0.2) is 50.8 Å². The van der Waals surface area contributed by atoms with Gasteiger partial charge in [-0.2, -0.15) is 5.01 Å². The Balaban J connectivity index is 1.37. The van der Waals surface area contributed by atoms with Crippen LogP contribution in [0, 0.1) is 0 Å². The van der Waals surface area contributed by atoms with E-state index in [1.54, 1.807) is 19.5 Å². The van der Waals surface area contributed by atoms with E-state index >= 15 is 0 Å². The third kappa shape index (κ3) is 3.87. The fraction of sp³-hybridized carbons (Fsp3) is 0.400. The fourth-order valence-corrected chi connectivity index (χ4v) is 4.60. The molecule has 4 rings (SSSR count). The molecule has 2 fully saturated rings. The van der Waals surface area contributed by atoms with Crippen molar-refractivity contribution >= 4 is 29.6 Å². The lowest BCUT2D eigenvalue weighted by molar-refractivity contribution is -0.139. The van der Waals surface area contributed by atoms with Crippen molar-refractivity contribution < 1.29 is 19.1 Å². The standard InChI is InChI=1S/C20H23N5O4S/c1-29-15-7-5-14(6-8-15)24-12-11-21-19(24)30-13-16(26)23-25-17(27)20(22-18(25)28)9-3-2-4-10-20/h5-8,11-12H,2-4,9-10,13H2,1H3,(H,22,28)(H,23,26). The number of rotatable bonds is 6. The predicted molar refractivity (Wildman–Crippen MR) is 110 cm³/mol. The zero-order valence-corrected chi connectivity index (χ0v) is 17.4. The first-order valence-corrected chi connectivity index (χ1v) is 10.8. The lowest BCUT2D eigenvalue weighted by atomic mass is 9.82. The summed E-state index contributed by atoms with van der Waals surface area (Å²) in [5.74, 6) is -0.0558. The van der Waals surface area contributed by atoms with E-state index in [1.165, 1.54) is 11.8 Å². The number of urea groups is 1. The minimum absolute atomic E-state index is 0.0111. The molecule has 30 heavy (non-hydrogen) atoms. The zero-order valence-electron chi connectivity index (χ0n) is 16.6. The topological polar surface area (TPSA) is 106 Å². The summed E-state index contributed by atoms with van der Waals surface area (Å²) in [4.78, 5) is 41.7. The van der Waals surface area contributed by atoms with Crippen molar-refractivity contribution in [3.05, 3.63) is 36.7 Å². The Bertz CT molecular complexity index is 952. The maximum atomic E-state index is 12.7. The van der Waals surface area contributed by atoms with Crippen LogP contribution in [0.2, 0.25) is 0 Å². The molecular formula is C20H23N5O4S. The molecule has 2 N–H and O–H groups in total. The molecule has 1 aliphatic carbocycles. The molecule has 9 nitrogen and oxygen atoms in total. The highest BCUT2D eigenvalue weighted by atomic mass is 32.2. The third-order valence-electron chi connectivity index (χ3n) is 5.40. The maximum Gasteiger partial charge on any atom is 0.344 e. The lowest BCUT2D eigenvalue weighted by Crippen LogP contribution is -2.51.